The summed E-state index contributed by atoms with van der Waals surface area (Å²) in [5, 5.41) is 9.09. The van der Waals surface area contributed by atoms with Crippen molar-refractivity contribution in [2.45, 2.75) is 19.4 Å². The SMILES string of the molecule is CC(c1ccccc1F)N1CCC(CO)C1. The second-order valence-electron chi connectivity index (χ2n) is 4.53. The molecule has 2 nitrogen and oxygen atoms in total. The van der Waals surface area contributed by atoms with Gasteiger partial charge in [0.15, 0.2) is 0 Å². The van der Waals surface area contributed by atoms with Gasteiger partial charge in [-0.2, -0.15) is 0 Å². The number of aliphatic hydroxyl groups excluding tert-OH is 1. The Morgan fingerprint density at radius 1 is 1.50 bits per heavy atom. The highest BCUT2D eigenvalue weighted by Crippen LogP contribution is 2.28. The number of hydrogen-bond acceptors (Lipinski definition) is 2. The van der Waals surface area contributed by atoms with Crippen LogP contribution in [0.2, 0.25) is 0 Å². The van der Waals surface area contributed by atoms with Crippen molar-refractivity contribution in [2.75, 3.05) is 19.7 Å². The number of hydrogen-bond donors (Lipinski definition) is 1. The summed E-state index contributed by atoms with van der Waals surface area (Å²) in [4.78, 5) is 2.24. The van der Waals surface area contributed by atoms with E-state index in [1.54, 1.807) is 6.07 Å². The van der Waals surface area contributed by atoms with Crippen LogP contribution < -0.4 is 0 Å². The summed E-state index contributed by atoms with van der Waals surface area (Å²) >= 11 is 0. The Labute approximate surface area is 95.7 Å². The zero-order valence-electron chi connectivity index (χ0n) is 9.56. The average molecular weight is 223 g/mol. The molecule has 2 unspecified atom stereocenters. The van der Waals surface area contributed by atoms with Gasteiger partial charge in [-0.05, 0) is 31.9 Å². The Kier molecular flexibility index (Phi) is 3.56. The Bertz CT molecular complexity index is 356. The molecule has 88 valence electrons. The minimum atomic E-state index is -0.137. The summed E-state index contributed by atoms with van der Waals surface area (Å²) in [6.07, 6.45) is 1.01. The van der Waals surface area contributed by atoms with Gasteiger partial charge in [-0.3, -0.25) is 4.90 Å². The van der Waals surface area contributed by atoms with Gasteiger partial charge in [-0.15, -0.1) is 0 Å². The molecule has 0 bridgehead atoms. The first-order valence-electron chi connectivity index (χ1n) is 5.81. The van der Waals surface area contributed by atoms with Crippen molar-refractivity contribution < 1.29 is 9.50 Å². The molecule has 3 heteroatoms. The Morgan fingerprint density at radius 2 is 2.25 bits per heavy atom. The third-order valence-electron chi connectivity index (χ3n) is 3.48. The number of rotatable bonds is 3. The van der Waals surface area contributed by atoms with E-state index in [1.165, 1.54) is 6.07 Å². The molecule has 1 aliphatic heterocycles. The molecule has 1 saturated heterocycles. The quantitative estimate of drug-likeness (QED) is 0.849. The van der Waals surface area contributed by atoms with E-state index in [1.807, 2.05) is 19.1 Å². The summed E-state index contributed by atoms with van der Waals surface area (Å²) in [6, 6.07) is 7.02. The van der Waals surface area contributed by atoms with Crippen LogP contribution in [0.4, 0.5) is 4.39 Å². The van der Waals surface area contributed by atoms with Gasteiger partial charge >= 0.3 is 0 Å². The van der Waals surface area contributed by atoms with Crippen LogP contribution in [0, 0.1) is 11.7 Å². The normalized spacial score (nSPS) is 23.6. The monoisotopic (exact) mass is 223 g/mol. The van der Waals surface area contributed by atoms with E-state index in [0.717, 1.165) is 25.1 Å². The Hall–Kier alpha value is -0.930. The lowest BCUT2D eigenvalue weighted by Crippen LogP contribution is -2.25. The molecule has 0 spiro atoms. The summed E-state index contributed by atoms with van der Waals surface area (Å²) < 4.78 is 13.6. The van der Waals surface area contributed by atoms with Crippen molar-refractivity contribution in [2.24, 2.45) is 5.92 Å². The highest BCUT2D eigenvalue weighted by atomic mass is 19.1. The molecule has 0 aromatic heterocycles. The average Bonchev–Trinajstić information content (AvgIpc) is 2.77. The molecule has 0 saturated carbocycles. The molecular weight excluding hydrogens is 205 g/mol. The summed E-state index contributed by atoms with van der Waals surface area (Å²) in [6.45, 7) is 4.07. The highest BCUT2D eigenvalue weighted by molar-refractivity contribution is 5.20. The number of benzene rings is 1. The maximum atomic E-state index is 13.6. The smallest absolute Gasteiger partial charge is 0.127 e. The van der Waals surface area contributed by atoms with Gasteiger partial charge in [0, 0.05) is 24.8 Å². The number of nitrogens with zero attached hydrogens (tertiary/aromatic N) is 1. The molecule has 0 radical (unpaired) electrons. The molecule has 16 heavy (non-hydrogen) atoms. The molecule has 1 N–H and O–H groups in total. The zero-order chi connectivity index (χ0) is 11.5. The van der Waals surface area contributed by atoms with Gasteiger partial charge in [-0.25, -0.2) is 4.39 Å². The molecule has 1 aromatic carbocycles. The lowest BCUT2D eigenvalue weighted by Gasteiger charge is -2.24. The molecule has 1 aromatic rings. The summed E-state index contributed by atoms with van der Waals surface area (Å²) in [5.74, 6) is 0.219. The van der Waals surface area contributed by atoms with Gasteiger partial charge in [0.05, 0.1) is 0 Å². The lowest BCUT2D eigenvalue weighted by molar-refractivity contribution is 0.203. The van der Waals surface area contributed by atoms with Crippen LogP contribution in [0.15, 0.2) is 24.3 Å². The molecular formula is C13H18FNO. The topological polar surface area (TPSA) is 23.5 Å². The minimum Gasteiger partial charge on any atom is -0.396 e. The van der Waals surface area contributed by atoms with Crippen molar-refractivity contribution in [1.82, 2.24) is 4.90 Å². The third kappa shape index (κ3) is 2.25. The Morgan fingerprint density at radius 3 is 2.88 bits per heavy atom. The standard InChI is InChI=1S/C13H18FNO/c1-10(12-4-2-3-5-13(12)14)15-7-6-11(8-15)9-16/h2-5,10-11,16H,6-9H2,1H3. The van der Waals surface area contributed by atoms with E-state index in [0.29, 0.717) is 5.92 Å². The van der Waals surface area contributed by atoms with Crippen molar-refractivity contribution >= 4 is 0 Å². The van der Waals surface area contributed by atoms with Crippen LogP contribution in [-0.4, -0.2) is 29.7 Å². The maximum absolute atomic E-state index is 13.6. The fraction of sp³-hybridized carbons (Fsp3) is 0.538. The number of likely N-dealkylation sites (tertiary alicyclic amines) is 1. The largest absolute Gasteiger partial charge is 0.396 e. The molecule has 2 rings (SSSR count). The maximum Gasteiger partial charge on any atom is 0.127 e. The number of halogens is 1. The van der Waals surface area contributed by atoms with Crippen molar-refractivity contribution in [3.8, 4) is 0 Å². The molecule has 0 amide bonds. The highest BCUT2D eigenvalue weighted by Gasteiger charge is 2.27. The third-order valence-corrected chi connectivity index (χ3v) is 3.48. The molecule has 1 fully saturated rings. The second kappa shape index (κ2) is 4.93. The van der Waals surface area contributed by atoms with E-state index >= 15 is 0 Å². The van der Waals surface area contributed by atoms with E-state index < -0.39 is 0 Å². The van der Waals surface area contributed by atoms with Crippen LogP contribution in [0.1, 0.15) is 24.9 Å². The minimum absolute atomic E-state index is 0.0951. The van der Waals surface area contributed by atoms with E-state index in [-0.39, 0.29) is 18.5 Å². The first-order valence-corrected chi connectivity index (χ1v) is 5.81. The first-order chi connectivity index (χ1) is 7.72. The lowest BCUT2D eigenvalue weighted by atomic mass is 10.1. The molecule has 2 atom stereocenters. The van der Waals surface area contributed by atoms with Gasteiger partial charge in [0.1, 0.15) is 5.82 Å². The zero-order valence-corrected chi connectivity index (χ0v) is 9.56. The second-order valence-corrected chi connectivity index (χ2v) is 4.53. The Balaban J connectivity index is 2.08. The molecule has 1 heterocycles. The van der Waals surface area contributed by atoms with Crippen LogP contribution in [0.5, 0.6) is 0 Å². The van der Waals surface area contributed by atoms with Crippen LogP contribution in [0.25, 0.3) is 0 Å². The summed E-state index contributed by atoms with van der Waals surface area (Å²) in [5.41, 5.74) is 0.751. The van der Waals surface area contributed by atoms with E-state index in [2.05, 4.69) is 4.90 Å². The van der Waals surface area contributed by atoms with Crippen molar-refractivity contribution in [1.29, 1.82) is 0 Å². The summed E-state index contributed by atoms with van der Waals surface area (Å²) in [7, 11) is 0. The van der Waals surface area contributed by atoms with Crippen molar-refractivity contribution in [3.63, 3.8) is 0 Å². The molecule has 1 aliphatic rings. The fourth-order valence-corrected chi connectivity index (χ4v) is 2.37. The van der Waals surface area contributed by atoms with Gasteiger partial charge in [0.25, 0.3) is 0 Å². The van der Waals surface area contributed by atoms with E-state index in [9.17, 15) is 4.39 Å². The molecule has 0 aliphatic carbocycles. The van der Waals surface area contributed by atoms with E-state index in [4.69, 9.17) is 5.11 Å². The predicted molar refractivity (Wildman–Crippen MR) is 61.6 cm³/mol. The number of aliphatic hydroxyl groups is 1. The van der Waals surface area contributed by atoms with Crippen molar-refractivity contribution in [3.05, 3.63) is 35.6 Å². The van der Waals surface area contributed by atoms with Crippen LogP contribution >= 0.6 is 0 Å². The first kappa shape index (κ1) is 11.6. The van der Waals surface area contributed by atoms with Gasteiger partial charge in [0.2, 0.25) is 0 Å². The fourth-order valence-electron chi connectivity index (χ4n) is 2.37. The van der Waals surface area contributed by atoms with Crippen LogP contribution in [0.3, 0.4) is 0 Å². The van der Waals surface area contributed by atoms with Gasteiger partial charge in [-0.1, -0.05) is 18.2 Å². The van der Waals surface area contributed by atoms with Gasteiger partial charge < -0.3 is 5.11 Å². The van der Waals surface area contributed by atoms with Crippen LogP contribution in [-0.2, 0) is 0 Å². The predicted octanol–water partition coefficient (Wildman–Crippen LogP) is 2.20.